The monoisotopic (exact) mass is 401 g/mol. The molecule has 2 amide bonds. The highest BCUT2D eigenvalue weighted by Gasteiger charge is 2.15. The first-order chi connectivity index (χ1) is 13.4. The molecule has 3 N–H and O–H groups in total. The fourth-order valence-electron chi connectivity index (χ4n) is 2.81. The van der Waals surface area contributed by atoms with Gasteiger partial charge in [-0.25, -0.2) is 13.2 Å². The van der Waals surface area contributed by atoms with E-state index in [-0.39, 0.29) is 11.8 Å². The maximum atomic E-state index is 12.3. The molecule has 3 rings (SSSR count). The highest BCUT2D eigenvalue weighted by Crippen LogP contribution is 2.24. The maximum absolute atomic E-state index is 12.3. The van der Waals surface area contributed by atoms with Crippen LogP contribution in [0.15, 0.2) is 59.0 Å². The van der Waals surface area contributed by atoms with E-state index in [0.29, 0.717) is 23.6 Å². The molecule has 1 unspecified atom stereocenters. The number of furan rings is 1. The number of urea groups is 1. The van der Waals surface area contributed by atoms with Gasteiger partial charge in [0, 0.05) is 11.1 Å². The molecule has 0 aliphatic carbocycles. The van der Waals surface area contributed by atoms with Crippen LogP contribution in [0.1, 0.15) is 32.1 Å². The summed E-state index contributed by atoms with van der Waals surface area (Å²) in [5.74, 6) is 0.692. The van der Waals surface area contributed by atoms with E-state index >= 15 is 0 Å². The van der Waals surface area contributed by atoms with E-state index in [0.717, 1.165) is 11.0 Å². The topological polar surface area (TPSA) is 100 Å². The van der Waals surface area contributed by atoms with E-state index in [1.54, 1.807) is 31.2 Å². The average Bonchev–Trinajstić information content (AvgIpc) is 3.05. The zero-order valence-electron chi connectivity index (χ0n) is 15.7. The summed E-state index contributed by atoms with van der Waals surface area (Å²) < 4.78 is 32.0. The Labute approximate surface area is 164 Å². The molecule has 0 saturated heterocycles. The van der Waals surface area contributed by atoms with E-state index in [1.807, 2.05) is 37.3 Å². The van der Waals surface area contributed by atoms with Crippen LogP contribution < -0.4 is 15.4 Å². The van der Waals surface area contributed by atoms with Gasteiger partial charge in [0.2, 0.25) is 10.0 Å². The third-order valence-corrected chi connectivity index (χ3v) is 5.58. The molecule has 0 aliphatic rings. The van der Waals surface area contributed by atoms with Crippen LogP contribution in [0.3, 0.4) is 0 Å². The van der Waals surface area contributed by atoms with Crippen LogP contribution in [0.2, 0.25) is 0 Å². The SMILES string of the molecule is CCCS(=O)(=O)Nc1cccc(NC(=O)NC(C)c2cc3ccccc3o2)c1. The van der Waals surface area contributed by atoms with Gasteiger partial charge in [-0.2, -0.15) is 0 Å². The summed E-state index contributed by atoms with van der Waals surface area (Å²) in [4.78, 5) is 12.3. The number of carbonyl (C=O) groups is 1. The van der Waals surface area contributed by atoms with Gasteiger partial charge in [0.05, 0.1) is 17.5 Å². The van der Waals surface area contributed by atoms with Crippen LogP contribution in [0.4, 0.5) is 16.2 Å². The molecule has 0 spiro atoms. The minimum atomic E-state index is -3.39. The Balaban J connectivity index is 1.63. The van der Waals surface area contributed by atoms with Gasteiger partial charge >= 0.3 is 6.03 Å². The zero-order chi connectivity index (χ0) is 20.1. The number of fused-ring (bicyclic) bond motifs is 1. The molecular weight excluding hydrogens is 378 g/mol. The Kier molecular flexibility index (Phi) is 5.89. The predicted octanol–water partition coefficient (Wildman–Crippen LogP) is 4.47. The van der Waals surface area contributed by atoms with Crippen LogP contribution in [0, 0.1) is 0 Å². The fraction of sp³-hybridized carbons (Fsp3) is 0.250. The van der Waals surface area contributed by atoms with Crippen molar-refractivity contribution in [2.45, 2.75) is 26.3 Å². The van der Waals surface area contributed by atoms with Gasteiger partial charge in [0.1, 0.15) is 11.3 Å². The molecular formula is C20H23N3O4S. The second-order valence-electron chi connectivity index (χ2n) is 6.51. The molecule has 7 nitrogen and oxygen atoms in total. The van der Waals surface area contributed by atoms with Crippen molar-refractivity contribution in [3.8, 4) is 0 Å². The first kappa shape index (κ1) is 19.8. The maximum Gasteiger partial charge on any atom is 0.319 e. The molecule has 3 aromatic rings. The first-order valence-corrected chi connectivity index (χ1v) is 10.7. The molecule has 1 heterocycles. The number of amides is 2. The molecule has 0 bridgehead atoms. The number of benzene rings is 2. The second-order valence-corrected chi connectivity index (χ2v) is 8.35. The van der Waals surface area contributed by atoms with Gasteiger partial charge in [-0.15, -0.1) is 0 Å². The second kappa shape index (κ2) is 8.35. The van der Waals surface area contributed by atoms with Crippen molar-refractivity contribution < 1.29 is 17.6 Å². The van der Waals surface area contributed by atoms with Crippen molar-refractivity contribution >= 4 is 38.4 Å². The number of para-hydroxylation sites is 1. The summed E-state index contributed by atoms with van der Waals surface area (Å²) in [5, 5.41) is 6.49. The van der Waals surface area contributed by atoms with E-state index in [1.165, 1.54) is 0 Å². The molecule has 0 fully saturated rings. The molecule has 0 saturated carbocycles. The summed E-state index contributed by atoms with van der Waals surface area (Å²) in [5.41, 5.74) is 1.64. The largest absolute Gasteiger partial charge is 0.459 e. The Bertz CT molecular complexity index is 1040. The summed E-state index contributed by atoms with van der Waals surface area (Å²) in [6, 6.07) is 15.3. The van der Waals surface area contributed by atoms with E-state index < -0.39 is 16.1 Å². The lowest BCUT2D eigenvalue weighted by atomic mass is 10.2. The van der Waals surface area contributed by atoms with Crippen molar-refractivity contribution in [1.29, 1.82) is 0 Å². The summed E-state index contributed by atoms with van der Waals surface area (Å²) in [7, 11) is -3.39. The number of sulfonamides is 1. The van der Waals surface area contributed by atoms with Crippen molar-refractivity contribution in [3.05, 3.63) is 60.4 Å². The normalized spacial score (nSPS) is 12.5. The minimum absolute atomic E-state index is 0.0418. The molecule has 0 aliphatic heterocycles. The summed E-state index contributed by atoms with van der Waals surface area (Å²) >= 11 is 0. The number of nitrogens with one attached hydrogen (secondary N) is 3. The number of carbonyl (C=O) groups excluding carboxylic acids is 1. The van der Waals surface area contributed by atoms with Crippen molar-refractivity contribution in [2.75, 3.05) is 15.8 Å². The third kappa shape index (κ3) is 5.04. The van der Waals surface area contributed by atoms with Gasteiger partial charge in [0.15, 0.2) is 0 Å². The van der Waals surface area contributed by atoms with Crippen LogP contribution in [0.25, 0.3) is 11.0 Å². The predicted molar refractivity (Wildman–Crippen MR) is 111 cm³/mol. The molecule has 1 atom stereocenters. The van der Waals surface area contributed by atoms with E-state index in [9.17, 15) is 13.2 Å². The lowest BCUT2D eigenvalue weighted by molar-refractivity contribution is 0.248. The molecule has 1 aromatic heterocycles. The quantitative estimate of drug-likeness (QED) is 0.544. The standard InChI is InChI=1S/C20H23N3O4S/c1-3-11-28(25,26)23-17-9-6-8-16(13-17)22-20(24)21-14(2)19-12-15-7-4-5-10-18(15)27-19/h4-10,12-14,23H,3,11H2,1-2H3,(H2,21,22,24). The van der Waals surface area contributed by atoms with Gasteiger partial charge in [-0.1, -0.05) is 31.2 Å². The number of rotatable bonds is 7. The Morgan fingerprint density at radius 1 is 1.07 bits per heavy atom. The Hall–Kier alpha value is -3.00. The van der Waals surface area contributed by atoms with E-state index in [2.05, 4.69) is 15.4 Å². The van der Waals surface area contributed by atoms with Crippen LogP contribution in [-0.2, 0) is 10.0 Å². The molecule has 8 heteroatoms. The highest BCUT2D eigenvalue weighted by atomic mass is 32.2. The smallest absolute Gasteiger partial charge is 0.319 e. The highest BCUT2D eigenvalue weighted by molar-refractivity contribution is 7.92. The van der Waals surface area contributed by atoms with Crippen molar-refractivity contribution in [3.63, 3.8) is 0 Å². The number of hydrogen-bond acceptors (Lipinski definition) is 4. The molecule has 148 valence electrons. The molecule has 2 aromatic carbocycles. The van der Waals surface area contributed by atoms with Gasteiger partial charge in [-0.3, -0.25) is 4.72 Å². The van der Waals surface area contributed by atoms with Crippen LogP contribution >= 0.6 is 0 Å². The lowest BCUT2D eigenvalue weighted by Crippen LogP contribution is -2.31. The summed E-state index contributed by atoms with van der Waals surface area (Å²) in [6.45, 7) is 3.62. The summed E-state index contributed by atoms with van der Waals surface area (Å²) in [6.07, 6.45) is 0.523. The Morgan fingerprint density at radius 3 is 2.57 bits per heavy atom. The number of anilines is 2. The average molecular weight is 401 g/mol. The van der Waals surface area contributed by atoms with Gasteiger partial charge in [-0.05, 0) is 43.7 Å². The van der Waals surface area contributed by atoms with Crippen LogP contribution in [-0.4, -0.2) is 20.2 Å². The van der Waals surface area contributed by atoms with Gasteiger partial charge < -0.3 is 15.1 Å². The van der Waals surface area contributed by atoms with Crippen LogP contribution in [0.5, 0.6) is 0 Å². The first-order valence-electron chi connectivity index (χ1n) is 9.03. The molecule has 0 radical (unpaired) electrons. The third-order valence-electron chi connectivity index (χ3n) is 4.09. The van der Waals surface area contributed by atoms with Crippen molar-refractivity contribution in [2.24, 2.45) is 0 Å². The Morgan fingerprint density at radius 2 is 1.82 bits per heavy atom. The van der Waals surface area contributed by atoms with E-state index in [4.69, 9.17) is 4.42 Å². The molecule has 28 heavy (non-hydrogen) atoms. The zero-order valence-corrected chi connectivity index (χ0v) is 16.5. The fourth-order valence-corrected chi connectivity index (χ4v) is 3.94. The minimum Gasteiger partial charge on any atom is -0.459 e. The number of hydrogen-bond donors (Lipinski definition) is 3. The lowest BCUT2D eigenvalue weighted by Gasteiger charge is -2.13. The van der Waals surface area contributed by atoms with Gasteiger partial charge in [0.25, 0.3) is 0 Å². The van der Waals surface area contributed by atoms with Crippen molar-refractivity contribution in [1.82, 2.24) is 5.32 Å².